The average molecular weight is 345 g/mol. The van der Waals surface area contributed by atoms with E-state index in [1.807, 2.05) is 6.07 Å². The van der Waals surface area contributed by atoms with Crippen LogP contribution in [0, 0.1) is 11.8 Å². The monoisotopic (exact) mass is 345 g/mol. The highest BCUT2D eigenvalue weighted by Gasteiger charge is 2.25. The van der Waals surface area contributed by atoms with Crippen molar-refractivity contribution in [2.75, 3.05) is 26.7 Å². The molecule has 1 aliphatic carbocycles. The van der Waals surface area contributed by atoms with Gasteiger partial charge in [-0.3, -0.25) is 4.79 Å². The number of nitrogens with zero attached hydrogens (tertiary/aromatic N) is 2. The summed E-state index contributed by atoms with van der Waals surface area (Å²) in [6.07, 6.45) is 12.1. The van der Waals surface area contributed by atoms with E-state index in [2.05, 4.69) is 9.88 Å². The number of amides is 1. The number of methoxy groups -OCH3 is 1. The molecule has 5 heteroatoms. The van der Waals surface area contributed by atoms with E-state index < -0.39 is 5.91 Å². The van der Waals surface area contributed by atoms with E-state index in [-0.39, 0.29) is 0 Å². The highest BCUT2D eigenvalue weighted by atomic mass is 16.5. The van der Waals surface area contributed by atoms with Gasteiger partial charge in [0.15, 0.2) is 0 Å². The molecule has 0 radical (unpaired) electrons. The summed E-state index contributed by atoms with van der Waals surface area (Å²) >= 11 is 0. The number of rotatable bonds is 6. The van der Waals surface area contributed by atoms with Crippen molar-refractivity contribution in [3.05, 3.63) is 23.4 Å². The normalized spacial score (nSPS) is 20.5. The van der Waals surface area contributed by atoms with E-state index in [4.69, 9.17) is 10.5 Å². The molecule has 1 saturated carbocycles. The molecule has 0 bridgehead atoms. The van der Waals surface area contributed by atoms with Crippen LogP contribution in [0.3, 0.4) is 0 Å². The number of hydrogen-bond donors (Lipinski definition) is 1. The maximum absolute atomic E-state index is 11.8. The third kappa shape index (κ3) is 4.72. The largest absolute Gasteiger partial charge is 0.480 e. The van der Waals surface area contributed by atoms with Gasteiger partial charge in [0.1, 0.15) is 5.56 Å². The Labute approximate surface area is 150 Å². The van der Waals surface area contributed by atoms with Crippen molar-refractivity contribution in [1.82, 2.24) is 9.88 Å². The molecule has 0 unspecified atom stereocenters. The number of ether oxygens (including phenoxy) is 1. The van der Waals surface area contributed by atoms with Gasteiger partial charge in [-0.25, -0.2) is 4.98 Å². The molecular formula is C20H31N3O2. The molecule has 1 saturated heterocycles. The van der Waals surface area contributed by atoms with Crippen LogP contribution in [0.5, 0.6) is 5.88 Å². The van der Waals surface area contributed by atoms with Crippen LogP contribution in [0.15, 0.2) is 12.3 Å². The van der Waals surface area contributed by atoms with Gasteiger partial charge in [-0.05, 0) is 68.7 Å². The molecular weight excluding hydrogens is 314 g/mol. The third-order valence-corrected chi connectivity index (χ3v) is 5.90. The number of pyridine rings is 1. The second kappa shape index (κ2) is 8.65. The smallest absolute Gasteiger partial charge is 0.254 e. The fraction of sp³-hybridized carbons (Fsp3) is 0.700. The molecule has 1 aromatic rings. The third-order valence-electron chi connectivity index (χ3n) is 5.90. The second-order valence-electron chi connectivity index (χ2n) is 7.67. The van der Waals surface area contributed by atoms with E-state index in [1.54, 1.807) is 6.20 Å². The maximum Gasteiger partial charge on any atom is 0.254 e. The second-order valence-corrected chi connectivity index (χ2v) is 7.67. The minimum absolute atomic E-state index is 0.347. The van der Waals surface area contributed by atoms with Crippen molar-refractivity contribution in [2.45, 2.75) is 51.4 Å². The van der Waals surface area contributed by atoms with Crippen LogP contribution < -0.4 is 10.5 Å². The molecule has 1 aromatic heterocycles. The summed E-state index contributed by atoms with van der Waals surface area (Å²) in [7, 11) is 1.53. The van der Waals surface area contributed by atoms with Gasteiger partial charge in [0.25, 0.3) is 5.91 Å². The summed E-state index contributed by atoms with van der Waals surface area (Å²) in [4.78, 5) is 18.6. The number of carbonyl (C=O) groups excluding carboxylic acids is 1. The fourth-order valence-corrected chi connectivity index (χ4v) is 4.49. The molecule has 1 amide bonds. The van der Waals surface area contributed by atoms with E-state index in [1.165, 1.54) is 71.7 Å². The predicted molar refractivity (Wildman–Crippen MR) is 98.7 cm³/mol. The maximum atomic E-state index is 11.8. The first-order chi connectivity index (χ1) is 12.2. The SMILES string of the molecule is COc1nccc(CC2CCN(CC3CCCCC3)CC2)c1C(N)=O. The first kappa shape index (κ1) is 18.2. The van der Waals surface area contributed by atoms with Gasteiger partial charge in [0.2, 0.25) is 5.88 Å². The zero-order chi connectivity index (χ0) is 17.6. The van der Waals surface area contributed by atoms with Gasteiger partial charge in [-0.2, -0.15) is 0 Å². The highest BCUT2D eigenvalue weighted by Crippen LogP contribution is 2.29. The molecule has 1 aliphatic heterocycles. The first-order valence-corrected chi connectivity index (χ1v) is 9.71. The van der Waals surface area contributed by atoms with Gasteiger partial charge in [-0.15, -0.1) is 0 Å². The number of likely N-dealkylation sites (tertiary alicyclic amines) is 1. The lowest BCUT2D eigenvalue weighted by molar-refractivity contribution is 0.0994. The molecule has 138 valence electrons. The Morgan fingerprint density at radius 3 is 2.56 bits per heavy atom. The number of piperidine rings is 1. The lowest BCUT2D eigenvalue weighted by atomic mass is 9.86. The topological polar surface area (TPSA) is 68.4 Å². The van der Waals surface area contributed by atoms with Crippen molar-refractivity contribution in [3.63, 3.8) is 0 Å². The zero-order valence-electron chi connectivity index (χ0n) is 15.4. The van der Waals surface area contributed by atoms with Crippen LogP contribution in [0.1, 0.15) is 60.9 Å². The molecule has 3 rings (SSSR count). The van der Waals surface area contributed by atoms with Gasteiger partial charge >= 0.3 is 0 Å². The summed E-state index contributed by atoms with van der Waals surface area (Å²) < 4.78 is 5.22. The minimum atomic E-state index is -0.449. The standard InChI is InChI=1S/C20H31N3O2/c1-25-20-18(19(21)24)17(7-10-22-20)13-15-8-11-23(12-9-15)14-16-5-3-2-4-6-16/h7,10,15-16H,2-6,8-9,11-14H2,1H3,(H2,21,24). The molecule has 5 nitrogen and oxygen atoms in total. The lowest BCUT2D eigenvalue weighted by Crippen LogP contribution is -2.38. The quantitative estimate of drug-likeness (QED) is 0.860. The molecule has 2 fully saturated rings. The number of nitrogens with two attached hydrogens (primary N) is 1. The van der Waals surface area contributed by atoms with Crippen molar-refractivity contribution in [3.8, 4) is 5.88 Å². The Balaban J connectivity index is 1.54. The summed E-state index contributed by atoms with van der Waals surface area (Å²) in [5.41, 5.74) is 6.99. The Kier molecular flexibility index (Phi) is 6.29. The number of hydrogen-bond acceptors (Lipinski definition) is 4. The molecule has 2 N–H and O–H groups in total. The van der Waals surface area contributed by atoms with Crippen LogP contribution in [-0.4, -0.2) is 42.5 Å². The van der Waals surface area contributed by atoms with E-state index in [9.17, 15) is 4.79 Å². The summed E-state index contributed by atoms with van der Waals surface area (Å²) in [5.74, 6) is 1.42. The number of primary amides is 1. The minimum Gasteiger partial charge on any atom is -0.480 e. The molecule has 0 atom stereocenters. The van der Waals surface area contributed by atoms with Crippen LogP contribution in [0.4, 0.5) is 0 Å². The highest BCUT2D eigenvalue weighted by molar-refractivity contribution is 5.96. The molecule has 2 aliphatic rings. The fourth-order valence-electron chi connectivity index (χ4n) is 4.49. The van der Waals surface area contributed by atoms with E-state index >= 15 is 0 Å². The summed E-state index contributed by atoms with van der Waals surface area (Å²) in [6, 6.07) is 1.91. The molecule has 0 aromatic carbocycles. The Bertz CT molecular complexity index is 576. The van der Waals surface area contributed by atoms with Gasteiger partial charge < -0.3 is 15.4 Å². The van der Waals surface area contributed by atoms with Crippen molar-refractivity contribution in [1.29, 1.82) is 0 Å². The lowest BCUT2D eigenvalue weighted by Gasteiger charge is -2.35. The van der Waals surface area contributed by atoms with Crippen LogP contribution >= 0.6 is 0 Å². The molecule has 0 spiro atoms. The molecule has 2 heterocycles. The van der Waals surface area contributed by atoms with E-state index in [0.717, 1.165) is 17.9 Å². The Morgan fingerprint density at radius 1 is 1.20 bits per heavy atom. The Hall–Kier alpha value is -1.62. The summed E-state index contributed by atoms with van der Waals surface area (Å²) in [5, 5.41) is 0. The average Bonchev–Trinajstić information content (AvgIpc) is 2.63. The first-order valence-electron chi connectivity index (χ1n) is 9.71. The molecule has 25 heavy (non-hydrogen) atoms. The van der Waals surface area contributed by atoms with Crippen LogP contribution in [-0.2, 0) is 6.42 Å². The predicted octanol–water partition coefficient (Wildman–Crippen LogP) is 3.02. The zero-order valence-corrected chi connectivity index (χ0v) is 15.4. The van der Waals surface area contributed by atoms with Crippen molar-refractivity contribution >= 4 is 5.91 Å². The van der Waals surface area contributed by atoms with Crippen molar-refractivity contribution in [2.24, 2.45) is 17.6 Å². The van der Waals surface area contributed by atoms with Gasteiger partial charge in [0.05, 0.1) is 7.11 Å². The van der Waals surface area contributed by atoms with Gasteiger partial charge in [0, 0.05) is 12.7 Å². The van der Waals surface area contributed by atoms with Crippen LogP contribution in [0.25, 0.3) is 0 Å². The van der Waals surface area contributed by atoms with Crippen LogP contribution in [0.2, 0.25) is 0 Å². The van der Waals surface area contributed by atoms with E-state index in [0.29, 0.717) is 17.4 Å². The van der Waals surface area contributed by atoms with Gasteiger partial charge in [-0.1, -0.05) is 19.3 Å². The number of aromatic nitrogens is 1. The number of carbonyl (C=O) groups is 1. The summed E-state index contributed by atoms with van der Waals surface area (Å²) in [6.45, 7) is 3.63. The Morgan fingerprint density at radius 2 is 1.92 bits per heavy atom. The van der Waals surface area contributed by atoms with Crippen molar-refractivity contribution < 1.29 is 9.53 Å².